The number of likely N-dealkylation sites (tertiary alicyclic amines) is 2. The molecule has 0 aliphatic carbocycles. The van der Waals surface area contributed by atoms with E-state index < -0.39 is 127 Å². The fraction of sp³-hybridized carbons (Fsp3) is 0.667. The summed E-state index contributed by atoms with van der Waals surface area (Å²) in [6.45, 7) is 3.06. The minimum atomic E-state index is -1.70. The number of carboxylic acid groups (broad SMARTS) is 1. The summed E-state index contributed by atoms with van der Waals surface area (Å²) in [6.07, 6.45) is 1.71. The molecule has 3 heterocycles. The molecule has 0 aromatic carbocycles. The topological polar surface area (TPSA) is 382 Å². The molecule has 1 aromatic rings. The highest BCUT2D eigenvalue weighted by Crippen LogP contribution is 2.26. The molecule has 0 bridgehead atoms. The van der Waals surface area contributed by atoms with Crippen molar-refractivity contribution in [3.05, 3.63) is 18.2 Å². The lowest BCUT2D eigenvalue weighted by molar-refractivity contribution is -0.150. The maximum atomic E-state index is 14.2. The number of hydrogen-bond acceptors (Lipinski definition) is 14. The summed E-state index contributed by atoms with van der Waals surface area (Å²) in [5.41, 5.74) is 11.1. The molecule has 2 fully saturated rings. The summed E-state index contributed by atoms with van der Waals surface area (Å²) < 4.78 is 0. The number of aliphatic hydroxyl groups is 3. The first-order valence-corrected chi connectivity index (χ1v) is 19.6. The number of primary amides is 1. The number of amides is 8. The van der Waals surface area contributed by atoms with Gasteiger partial charge in [0.1, 0.15) is 42.3 Å². The number of carboxylic acids is 1. The minimum absolute atomic E-state index is 0.140. The Morgan fingerprint density at radius 2 is 1.38 bits per heavy atom. The smallest absolute Gasteiger partial charge is 0.328 e. The highest BCUT2D eigenvalue weighted by Gasteiger charge is 2.45. The molecule has 0 radical (unpaired) electrons. The van der Waals surface area contributed by atoms with Crippen molar-refractivity contribution in [2.75, 3.05) is 26.3 Å². The van der Waals surface area contributed by atoms with Gasteiger partial charge in [0, 0.05) is 37.8 Å². The second kappa shape index (κ2) is 22.6. The van der Waals surface area contributed by atoms with Gasteiger partial charge in [-0.3, -0.25) is 38.4 Å². The van der Waals surface area contributed by atoms with Crippen LogP contribution in [0.15, 0.2) is 12.5 Å². The molecule has 14 N–H and O–H groups in total. The first-order chi connectivity index (χ1) is 28.3. The molecule has 2 aliphatic rings. The predicted molar refractivity (Wildman–Crippen MR) is 206 cm³/mol. The number of rotatable bonds is 22. The summed E-state index contributed by atoms with van der Waals surface area (Å²) in [7, 11) is 0. The molecule has 24 heteroatoms. The van der Waals surface area contributed by atoms with Crippen LogP contribution in [0.1, 0.15) is 65.0 Å². The minimum Gasteiger partial charge on any atom is -0.480 e. The van der Waals surface area contributed by atoms with E-state index in [2.05, 4.69) is 36.6 Å². The third-order valence-electron chi connectivity index (χ3n) is 10.2. The van der Waals surface area contributed by atoms with Crippen LogP contribution in [0.25, 0.3) is 0 Å². The maximum absolute atomic E-state index is 14.2. The van der Waals surface area contributed by atoms with Crippen molar-refractivity contribution < 1.29 is 63.6 Å². The Hall–Kier alpha value is -5.72. The second-order valence-corrected chi connectivity index (χ2v) is 15.1. The van der Waals surface area contributed by atoms with Crippen LogP contribution in [0.4, 0.5) is 0 Å². The van der Waals surface area contributed by atoms with Crippen molar-refractivity contribution in [3.8, 4) is 0 Å². The van der Waals surface area contributed by atoms with Gasteiger partial charge in [-0.2, -0.15) is 0 Å². The first-order valence-electron chi connectivity index (χ1n) is 19.6. The van der Waals surface area contributed by atoms with E-state index in [1.807, 2.05) is 0 Å². The van der Waals surface area contributed by atoms with E-state index >= 15 is 0 Å². The van der Waals surface area contributed by atoms with E-state index in [1.54, 1.807) is 13.8 Å². The number of nitrogens with zero attached hydrogens (tertiary/aromatic N) is 3. The van der Waals surface area contributed by atoms with E-state index in [9.17, 15) is 63.6 Å². The zero-order chi connectivity index (χ0) is 44.8. The van der Waals surface area contributed by atoms with Gasteiger partial charge >= 0.3 is 5.97 Å². The number of hydrogen-bond donors (Lipinski definition) is 12. The lowest BCUT2D eigenvalue weighted by atomic mass is 10.0. The van der Waals surface area contributed by atoms with E-state index in [1.165, 1.54) is 29.2 Å². The number of carbonyl (C=O) groups is 9. The second-order valence-electron chi connectivity index (χ2n) is 15.1. The normalized spacial score (nSPS) is 19.9. The predicted octanol–water partition coefficient (Wildman–Crippen LogP) is -5.94. The van der Waals surface area contributed by atoms with Crippen LogP contribution in [0.2, 0.25) is 0 Å². The van der Waals surface area contributed by atoms with Crippen LogP contribution in [0, 0.1) is 5.92 Å². The third kappa shape index (κ3) is 13.1. The van der Waals surface area contributed by atoms with Gasteiger partial charge in [0.05, 0.1) is 25.6 Å². The Labute approximate surface area is 344 Å². The van der Waals surface area contributed by atoms with E-state index in [4.69, 9.17) is 11.5 Å². The van der Waals surface area contributed by atoms with Crippen molar-refractivity contribution in [3.63, 3.8) is 0 Å². The number of aliphatic hydroxyl groups excluding tert-OH is 3. The molecule has 0 saturated carbocycles. The van der Waals surface area contributed by atoms with Crippen molar-refractivity contribution in [1.82, 2.24) is 46.4 Å². The molecule has 2 saturated heterocycles. The van der Waals surface area contributed by atoms with Crippen LogP contribution >= 0.6 is 0 Å². The number of imidazole rings is 1. The fourth-order valence-electron chi connectivity index (χ4n) is 6.85. The highest BCUT2D eigenvalue weighted by atomic mass is 16.4. The molecule has 60 heavy (non-hydrogen) atoms. The number of aromatic amines is 1. The molecule has 334 valence electrons. The molecule has 3 rings (SSSR count). The van der Waals surface area contributed by atoms with Gasteiger partial charge in [-0.15, -0.1) is 0 Å². The number of H-pyrrole nitrogens is 1. The lowest BCUT2D eigenvalue weighted by Crippen LogP contribution is -2.61. The molecular formula is C36H57N11O13. The van der Waals surface area contributed by atoms with Crippen LogP contribution in [0.3, 0.4) is 0 Å². The van der Waals surface area contributed by atoms with E-state index in [-0.39, 0.29) is 45.2 Å². The monoisotopic (exact) mass is 851 g/mol. The molecule has 24 nitrogen and oxygen atoms in total. The molecule has 0 unspecified atom stereocenters. The van der Waals surface area contributed by atoms with Crippen LogP contribution < -0.4 is 38.1 Å². The average Bonchev–Trinajstić information content (AvgIpc) is 4.01. The molecule has 1 aromatic heterocycles. The molecule has 8 amide bonds. The van der Waals surface area contributed by atoms with Gasteiger partial charge in [0.15, 0.2) is 6.04 Å². The van der Waals surface area contributed by atoms with Crippen molar-refractivity contribution in [1.29, 1.82) is 0 Å². The summed E-state index contributed by atoms with van der Waals surface area (Å²) >= 11 is 0. The van der Waals surface area contributed by atoms with Gasteiger partial charge in [-0.1, -0.05) is 13.8 Å². The standard InChI is InChI=1S/C36H57N11O13/c1-17(2)27(35(58)47-11-5-7-25(47)34(57)46-10-4-6-24(46)33(56)45-28(18(3)50)36(59)60)44-31(54)22(12-19-13-39-16-40-19)42-32(55)23(15-49)43-30(53)21(8-9-26(38)51)41-29(52)20(37)14-48/h13,16-18,20-25,27-28,48-50H,4-12,14-15,37H2,1-3H3,(H2,38,51)(H,39,40)(H,41,52)(H,42,55)(H,43,53)(H,44,54)(H,45,56)(H,59,60)/t18-,20+,21+,22+,23+,24+,25+,27+,28+/m1/s1. The summed E-state index contributed by atoms with van der Waals surface area (Å²) in [5, 5.41) is 50.5. The van der Waals surface area contributed by atoms with E-state index in [0.717, 1.165) is 0 Å². The summed E-state index contributed by atoms with van der Waals surface area (Å²) in [5.74, 6) is -8.63. The van der Waals surface area contributed by atoms with Gasteiger partial charge in [-0.25, -0.2) is 9.78 Å². The molecule has 2 aliphatic heterocycles. The number of carbonyl (C=O) groups excluding carboxylic acids is 8. The number of aliphatic carboxylic acids is 1. The lowest BCUT2D eigenvalue weighted by Gasteiger charge is -2.34. The Balaban J connectivity index is 1.79. The van der Waals surface area contributed by atoms with Crippen molar-refractivity contribution in [2.24, 2.45) is 17.4 Å². The van der Waals surface area contributed by atoms with Crippen molar-refractivity contribution >= 4 is 53.2 Å². The summed E-state index contributed by atoms with van der Waals surface area (Å²) in [6, 6.07) is -10.9. The van der Waals surface area contributed by atoms with E-state index in [0.29, 0.717) is 18.5 Å². The Morgan fingerprint density at radius 1 is 0.800 bits per heavy atom. The fourth-order valence-corrected chi connectivity index (χ4v) is 6.85. The highest BCUT2D eigenvalue weighted by molar-refractivity contribution is 5.98. The SMILES string of the molecule is CC(C)[C@H](NC(=O)[C@H](Cc1cnc[nH]1)NC(=O)[C@H](CO)NC(=O)[C@H](CCC(N)=O)NC(=O)[C@@H](N)CO)C(=O)N1CCC[C@H]1C(=O)N1CCC[C@H]1C(=O)N[C@H](C(=O)O)[C@@H](C)O. The zero-order valence-corrected chi connectivity index (χ0v) is 33.7. The Bertz CT molecular complexity index is 1710. The quantitative estimate of drug-likeness (QED) is 0.0517. The molecular weight excluding hydrogens is 794 g/mol. The van der Waals surface area contributed by atoms with Crippen LogP contribution in [-0.2, 0) is 49.6 Å². The molecule has 9 atom stereocenters. The van der Waals surface area contributed by atoms with Crippen LogP contribution in [-0.4, -0.2) is 174 Å². The molecule has 0 spiro atoms. The van der Waals surface area contributed by atoms with Gasteiger partial charge in [-0.05, 0) is 44.9 Å². The average molecular weight is 852 g/mol. The van der Waals surface area contributed by atoms with Crippen molar-refractivity contribution in [2.45, 2.75) is 120 Å². The van der Waals surface area contributed by atoms with Gasteiger partial charge < -0.3 is 73.3 Å². The van der Waals surface area contributed by atoms with Gasteiger partial charge in [0.2, 0.25) is 47.3 Å². The van der Waals surface area contributed by atoms with Crippen LogP contribution in [0.5, 0.6) is 0 Å². The summed E-state index contributed by atoms with van der Waals surface area (Å²) in [4.78, 5) is 127. The largest absolute Gasteiger partial charge is 0.480 e. The number of nitrogens with two attached hydrogens (primary N) is 2. The maximum Gasteiger partial charge on any atom is 0.328 e. The third-order valence-corrected chi connectivity index (χ3v) is 10.2. The first kappa shape index (κ1) is 48.6. The zero-order valence-electron chi connectivity index (χ0n) is 33.7. The Morgan fingerprint density at radius 3 is 1.93 bits per heavy atom. The Kier molecular flexibility index (Phi) is 18.3. The number of aromatic nitrogens is 2. The number of nitrogens with one attached hydrogen (secondary N) is 6. The van der Waals surface area contributed by atoms with Gasteiger partial charge in [0.25, 0.3) is 0 Å².